The number of carboxylic acid groups (broad SMARTS) is 1. The predicted molar refractivity (Wildman–Crippen MR) is 75.8 cm³/mol. The summed E-state index contributed by atoms with van der Waals surface area (Å²) in [5, 5.41) is 8.85. The second kappa shape index (κ2) is 5.95. The van der Waals surface area contributed by atoms with E-state index in [0.29, 0.717) is 18.5 Å². The molecular weight excluding hydrogens is 272 g/mol. The number of primary amides is 1. The Hall–Kier alpha value is -2.37. The SMILES string of the molecule is C[C@@H]1CC[C@H](C(N)=O)CN1C(=O)c1ccc(C(=O)O)cc1. The number of piperidine rings is 1. The summed E-state index contributed by atoms with van der Waals surface area (Å²) in [6.07, 6.45) is 1.42. The van der Waals surface area contributed by atoms with Gasteiger partial charge in [0.05, 0.1) is 11.5 Å². The van der Waals surface area contributed by atoms with Gasteiger partial charge in [-0.05, 0) is 44.0 Å². The zero-order valence-electron chi connectivity index (χ0n) is 11.8. The third kappa shape index (κ3) is 3.21. The lowest BCUT2D eigenvalue weighted by atomic mass is 9.92. The predicted octanol–water partition coefficient (Wildman–Crippen LogP) is 1.11. The van der Waals surface area contributed by atoms with Gasteiger partial charge in [-0.2, -0.15) is 0 Å². The summed E-state index contributed by atoms with van der Waals surface area (Å²) in [5.74, 6) is -1.94. The molecule has 21 heavy (non-hydrogen) atoms. The van der Waals surface area contributed by atoms with Crippen LogP contribution in [-0.2, 0) is 4.79 Å². The van der Waals surface area contributed by atoms with Gasteiger partial charge in [0.2, 0.25) is 5.91 Å². The molecule has 1 aliphatic rings. The van der Waals surface area contributed by atoms with Crippen LogP contribution in [0.2, 0.25) is 0 Å². The normalized spacial score (nSPS) is 21.9. The molecule has 2 rings (SSSR count). The number of aromatic carboxylic acids is 1. The molecule has 0 aromatic heterocycles. The van der Waals surface area contributed by atoms with E-state index in [0.717, 1.165) is 6.42 Å². The number of nitrogens with zero attached hydrogens (tertiary/aromatic N) is 1. The number of amides is 2. The van der Waals surface area contributed by atoms with Gasteiger partial charge >= 0.3 is 5.97 Å². The molecule has 2 atom stereocenters. The van der Waals surface area contributed by atoms with Crippen LogP contribution >= 0.6 is 0 Å². The maximum atomic E-state index is 12.5. The number of benzene rings is 1. The van der Waals surface area contributed by atoms with Crippen molar-refractivity contribution in [3.05, 3.63) is 35.4 Å². The second-order valence-corrected chi connectivity index (χ2v) is 5.37. The highest BCUT2D eigenvalue weighted by molar-refractivity contribution is 5.96. The molecule has 1 fully saturated rings. The summed E-state index contributed by atoms with van der Waals surface area (Å²) in [4.78, 5) is 36.2. The fraction of sp³-hybridized carbons (Fsp3) is 0.400. The second-order valence-electron chi connectivity index (χ2n) is 5.37. The molecule has 6 heteroatoms. The minimum atomic E-state index is -1.03. The van der Waals surface area contributed by atoms with E-state index < -0.39 is 5.97 Å². The molecular formula is C15H18N2O4. The summed E-state index contributed by atoms with van der Waals surface area (Å²) in [6, 6.07) is 5.82. The molecule has 3 N–H and O–H groups in total. The Labute approximate surface area is 122 Å². The van der Waals surface area contributed by atoms with E-state index in [1.54, 1.807) is 4.90 Å². The standard InChI is InChI=1S/C15H18N2O4/c1-9-2-3-12(13(16)18)8-17(9)14(19)10-4-6-11(7-5-10)15(20)21/h4-7,9,12H,2-3,8H2,1H3,(H2,16,18)(H,20,21)/t9-,12+/m1/s1. The van der Waals surface area contributed by atoms with Gasteiger partial charge in [-0.25, -0.2) is 4.79 Å². The van der Waals surface area contributed by atoms with E-state index in [1.165, 1.54) is 24.3 Å². The van der Waals surface area contributed by atoms with E-state index in [2.05, 4.69) is 0 Å². The maximum absolute atomic E-state index is 12.5. The number of rotatable bonds is 3. The van der Waals surface area contributed by atoms with Crippen LogP contribution in [0.15, 0.2) is 24.3 Å². The molecule has 0 radical (unpaired) electrons. The number of likely N-dealkylation sites (tertiary alicyclic amines) is 1. The van der Waals surface area contributed by atoms with Crippen LogP contribution in [0.1, 0.15) is 40.5 Å². The molecule has 6 nitrogen and oxygen atoms in total. The van der Waals surface area contributed by atoms with Crippen LogP contribution < -0.4 is 5.73 Å². The van der Waals surface area contributed by atoms with Gasteiger partial charge in [0.15, 0.2) is 0 Å². The van der Waals surface area contributed by atoms with Crippen molar-refractivity contribution in [1.82, 2.24) is 4.90 Å². The topological polar surface area (TPSA) is 101 Å². The zero-order valence-corrected chi connectivity index (χ0v) is 11.8. The summed E-state index contributed by atoms with van der Waals surface area (Å²) in [5.41, 5.74) is 5.87. The summed E-state index contributed by atoms with van der Waals surface area (Å²) >= 11 is 0. The Morgan fingerprint density at radius 3 is 2.24 bits per heavy atom. The first-order chi connectivity index (χ1) is 9.90. The van der Waals surface area contributed by atoms with E-state index in [-0.39, 0.29) is 29.3 Å². The van der Waals surface area contributed by atoms with Crippen molar-refractivity contribution >= 4 is 17.8 Å². The van der Waals surface area contributed by atoms with Crippen molar-refractivity contribution in [3.8, 4) is 0 Å². The number of carbonyl (C=O) groups is 3. The van der Waals surface area contributed by atoms with Gasteiger partial charge < -0.3 is 15.7 Å². The minimum absolute atomic E-state index is 0.0345. The van der Waals surface area contributed by atoms with Crippen molar-refractivity contribution in [2.75, 3.05) is 6.54 Å². The lowest BCUT2D eigenvalue weighted by Crippen LogP contribution is -2.48. The molecule has 0 spiro atoms. The zero-order chi connectivity index (χ0) is 15.6. The lowest BCUT2D eigenvalue weighted by molar-refractivity contribution is -0.123. The first-order valence-electron chi connectivity index (χ1n) is 6.83. The van der Waals surface area contributed by atoms with Crippen molar-refractivity contribution in [2.45, 2.75) is 25.8 Å². The molecule has 0 unspecified atom stereocenters. The molecule has 0 aliphatic carbocycles. The van der Waals surface area contributed by atoms with Crippen LogP contribution in [0.25, 0.3) is 0 Å². The number of hydrogen-bond acceptors (Lipinski definition) is 3. The van der Waals surface area contributed by atoms with Gasteiger partial charge in [0.1, 0.15) is 0 Å². The Morgan fingerprint density at radius 2 is 1.71 bits per heavy atom. The quantitative estimate of drug-likeness (QED) is 0.870. The number of carbonyl (C=O) groups excluding carboxylic acids is 2. The Balaban J connectivity index is 2.17. The summed E-state index contributed by atoms with van der Waals surface area (Å²) < 4.78 is 0. The first kappa shape index (κ1) is 15.0. The molecule has 0 bridgehead atoms. The van der Waals surface area contributed by atoms with Gasteiger partial charge in [-0.15, -0.1) is 0 Å². The van der Waals surface area contributed by atoms with Crippen molar-refractivity contribution < 1.29 is 19.5 Å². The Bertz CT molecular complexity index is 568. The van der Waals surface area contributed by atoms with Crippen LogP contribution in [0.3, 0.4) is 0 Å². The number of carboxylic acids is 1. The molecule has 112 valence electrons. The number of nitrogens with two attached hydrogens (primary N) is 1. The van der Waals surface area contributed by atoms with Crippen molar-refractivity contribution in [2.24, 2.45) is 11.7 Å². The van der Waals surface area contributed by atoms with Crippen LogP contribution in [-0.4, -0.2) is 40.4 Å². The van der Waals surface area contributed by atoms with E-state index in [4.69, 9.17) is 10.8 Å². The van der Waals surface area contributed by atoms with Gasteiger partial charge in [-0.1, -0.05) is 0 Å². The first-order valence-corrected chi connectivity index (χ1v) is 6.83. The molecule has 0 saturated carbocycles. The average molecular weight is 290 g/mol. The highest BCUT2D eigenvalue weighted by Gasteiger charge is 2.32. The van der Waals surface area contributed by atoms with Gasteiger partial charge in [0, 0.05) is 18.2 Å². The smallest absolute Gasteiger partial charge is 0.335 e. The van der Waals surface area contributed by atoms with Crippen LogP contribution in [0.4, 0.5) is 0 Å². The lowest BCUT2D eigenvalue weighted by Gasteiger charge is -2.37. The molecule has 1 aromatic rings. The largest absolute Gasteiger partial charge is 0.478 e. The Morgan fingerprint density at radius 1 is 1.14 bits per heavy atom. The van der Waals surface area contributed by atoms with Crippen LogP contribution in [0, 0.1) is 5.92 Å². The summed E-state index contributed by atoms with van der Waals surface area (Å²) in [6.45, 7) is 2.25. The molecule has 1 aromatic carbocycles. The monoisotopic (exact) mass is 290 g/mol. The van der Waals surface area contributed by atoms with Gasteiger partial charge in [-0.3, -0.25) is 9.59 Å². The van der Waals surface area contributed by atoms with Gasteiger partial charge in [0.25, 0.3) is 5.91 Å². The summed E-state index contributed by atoms with van der Waals surface area (Å²) in [7, 11) is 0. The third-order valence-corrected chi connectivity index (χ3v) is 3.92. The number of hydrogen-bond donors (Lipinski definition) is 2. The fourth-order valence-corrected chi connectivity index (χ4v) is 2.54. The highest BCUT2D eigenvalue weighted by Crippen LogP contribution is 2.23. The minimum Gasteiger partial charge on any atom is -0.478 e. The van der Waals surface area contributed by atoms with E-state index >= 15 is 0 Å². The van der Waals surface area contributed by atoms with Crippen LogP contribution in [0.5, 0.6) is 0 Å². The van der Waals surface area contributed by atoms with E-state index in [1.807, 2.05) is 6.92 Å². The molecule has 1 saturated heterocycles. The van der Waals surface area contributed by atoms with Crippen molar-refractivity contribution in [3.63, 3.8) is 0 Å². The van der Waals surface area contributed by atoms with E-state index in [9.17, 15) is 14.4 Å². The molecule has 2 amide bonds. The molecule has 1 heterocycles. The third-order valence-electron chi connectivity index (χ3n) is 3.92. The Kier molecular flexibility index (Phi) is 4.26. The highest BCUT2D eigenvalue weighted by atomic mass is 16.4. The fourth-order valence-electron chi connectivity index (χ4n) is 2.54. The molecule has 1 aliphatic heterocycles. The average Bonchev–Trinajstić information content (AvgIpc) is 2.47. The maximum Gasteiger partial charge on any atom is 0.335 e. The van der Waals surface area contributed by atoms with Crippen molar-refractivity contribution in [1.29, 1.82) is 0 Å².